The Labute approximate surface area is 135 Å². The highest BCUT2D eigenvalue weighted by Crippen LogP contribution is 2.26. The summed E-state index contributed by atoms with van der Waals surface area (Å²) in [5.41, 5.74) is 4.86. The lowest BCUT2D eigenvalue weighted by Gasteiger charge is -2.30. The van der Waals surface area contributed by atoms with Gasteiger partial charge in [-0.05, 0) is 36.6 Å². The third kappa shape index (κ3) is 2.80. The van der Waals surface area contributed by atoms with Crippen LogP contribution in [0.3, 0.4) is 0 Å². The smallest absolute Gasteiger partial charge is 0.133 e. The maximum Gasteiger partial charge on any atom is 0.133 e. The Morgan fingerprint density at radius 1 is 0.957 bits per heavy atom. The summed E-state index contributed by atoms with van der Waals surface area (Å²) in [5, 5.41) is 0. The Morgan fingerprint density at radius 3 is 2.57 bits per heavy atom. The molecule has 2 aromatic heterocycles. The van der Waals surface area contributed by atoms with E-state index in [1.165, 1.54) is 11.1 Å². The average Bonchev–Trinajstić information content (AvgIpc) is 2.61. The van der Waals surface area contributed by atoms with Crippen LogP contribution in [0.25, 0.3) is 11.3 Å². The quantitative estimate of drug-likeness (QED) is 0.727. The molecule has 0 spiro atoms. The molecule has 4 heteroatoms. The van der Waals surface area contributed by atoms with Crippen LogP contribution in [0.4, 0.5) is 5.82 Å². The van der Waals surface area contributed by atoms with Crippen molar-refractivity contribution in [2.45, 2.75) is 19.9 Å². The molecule has 1 aromatic carbocycles. The Balaban J connectivity index is 1.69. The SMILES string of the molecule is Cc1nc(-c2ccncc2)cc(N2CCc3ccccc3C2)n1. The zero-order chi connectivity index (χ0) is 15.6. The van der Waals surface area contributed by atoms with Crippen LogP contribution in [-0.2, 0) is 13.0 Å². The molecule has 0 amide bonds. The predicted molar refractivity (Wildman–Crippen MR) is 91.2 cm³/mol. The van der Waals surface area contributed by atoms with Gasteiger partial charge in [0.2, 0.25) is 0 Å². The molecular formula is C19H18N4. The molecule has 0 unspecified atom stereocenters. The fourth-order valence-corrected chi connectivity index (χ4v) is 3.08. The largest absolute Gasteiger partial charge is 0.352 e. The minimum absolute atomic E-state index is 0.799. The summed E-state index contributed by atoms with van der Waals surface area (Å²) < 4.78 is 0. The van der Waals surface area contributed by atoms with E-state index in [1.54, 1.807) is 12.4 Å². The lowest BCUT2D eigenvalue weighted by atomic mass is 10.00. The first kappa shape index (κ1) is 13.9. The molecule has 0 N–H and O–H groups in total. The van der Waals surface area contributed by atoms with Gasteiger partial charge in [0.05, 0.1) is 5.69 Å². The Kier molecular flexibility index (Phi) is 3.50. The van der Waals surface area contributed by atoms with Crippen LogP contribution in [0, 0.1) is 6.92 Å². The fraction of sp³-hybridized carbons (Fsp3) is 0.211. The van der Waals surface area contributed by atoms with Crippen LogP contribution < -0.4 is 4.90 Å². The van der Waals surface area contributed by atoms with Gasteiger partial charge in [-0.2, -0.15) is 0 Å². The molecule has 0 radical (unpaired) electrons. The minimum atomic E-state index is 0.799. The van der Waals surface area contributed by atoms with Crippen LogP contribution in [0.1, 0.15) is 17.0 Å². The van der Waals surface area contributed by atoms with Gasteiger partial charge in [-0.1, -0.05) is 24.3 Å². The molecule has 23 heavy (non-hydrogen) atoms. The molecule has 3 aromatic rings. The van der Waals surface area contributed by atoms with Crippen molar-refractivity contribution in [3.8, 4) is 11.3 Å². The second-order valence-corrected chi connectivity index (χ2v) is 5.83. The van der Waals surface area contributed by atoms with Gasteiger partial charge in [0, 0.05) is 37.1 Å². The summed E-state index contributed by atoms with van der Waals surface area (Å²) in [6.07, 6.45) is 4.65. The number of aromatic nitrogens is 3. The zero-order valence-electron chi connectivity index (χ0n) is 13.1. The van der Waals surface area contributed by atoms with E-state index >= 15 is 0 Å². The highest BCUT2D eigenvalue weighted by Gasteiger charge is 2.18. The lowest BCUT2D eigenvalue weighted by Crippen LogP contribution is -2.31. The molecule has 0 saturated heterocycles. The molecule has 0 aliphatic carbocycles. The normalized spacial score (nSPS) is 13.7. The van der Waals surface area contributed by atoms with Crippen molar-refractivity contribution in [2.24, 2.45) is 0 Å². The molecule has 114 valence electrons. The number of pyridine rings is 1. The topological polar surface area (TPSA) is 41.9 Å². The standard InChI is InChI=1S/C19H18N4/c1-14-21-18(16-6-9-20-10-7-16)12-19(22-14)23-11-8-15-4-2-3-5-17(15)13-23/h2-7,9-10,12H,8,11,13H2,1H3. The maximum atomic E-state index is 4.66. The third-order valence-electron chi connectivity index (χ3n) is 4.26. The van der Waals surface area contributed by atoms with Gasteiger partial charge in [-0.25, -0.2) is 9.97 Å². The average molecular weight is 302 g/mol. The third-order valence-corrected chi connectivity index (χ3v) is 4.26. The summed E-state index contributed by atoms with van der Waals surface area (Å²) in [6.45, 7) is 3.84. The summed E-state index contributed by atoms with van der Waals surface area (Å²) in [5.74, 6) is 1.80. The van der Waals surface area contributed by atoms with Crippen molar-refractivity contribution in [1.82, 2.24) is 15.0 Å². The van der Waals surface area contributed by atoms with E-state index < -0.39 is 0 Å². The van der Waals surface area contributed by atoms with Crippen molar-refractivity contribution in [2.75, 3.05) is 11.4 Å². The number of nitrogens with zero attached hydrogens (tertiary/aromatic N) is 4. The molecule has 0 fully saturated rings. The monoisotopic (exact) mass is 302 g/mol. The van der Waals surface area contributed by atoms with Gasteiger partial charge in [-0.3, -0.25) is 4.98 Å². The minimum Gasteiger partial charge on any atom is -0.352 e. The van der Waals surface area contributed by atoms with Crippen molar-refractivity contribution in [3.63, 3.8) is 0 Å². The summed E-state index contributed by atoms with van der Waals surface area (Å²) in [4.78, 5) is 15.6. The molecule has 4 rings (SSSR count). The van der Waals surface area contributed by atoms with Gasteiger partial charge >= 0.3 is 0 Å². The van der Waals surface area contributed by atoms with Gasteiger partial charge in [0.25, 0.3) is 0 Å². The molecule has 0 saturated carbocycles. The summed E-state index contributed by atoms with van der Waals surface area (Å²) in [7, 11) is 0. The van der Waals surface area contributed by atoms with E-state index in [1.807, 2.05) is 19.1 Å². The van der Waals surface area contributed by atoms with Crippen LogP contribution in [0.15, 0.2) is 54.9 Å². The van der Waals surface area contributed by atoms with E-state index in [0.29, 0.717) is 0 Å². The van der Waals surface area contributed by atoms with Crippen molar-refractivity contribution >= 4 is 5.82 Å². The second kappa shape index (κ2) is 5.80. The Morgan fingerprint density at radius 2 is 1.74 bits per heavy atom. The lowest BCUT2D eigenvalue weighted by molar-refractivity contribution is 0.717. The van der Waals surface area contributed by atoms with E-state index in [-0.39, 0.29) is 0 Å². The molecule has 3 heterocycles. The Bertz CT molecular complexity index is 830. The number of aryl methyl sites for hydroxylation is 1. The number of hydrogen-bond acceptors (Lipinski definition) is 4. The molecular weight excluding hydrogens is 284 g/mol. The van der Waals surface area contributed by atoms with Crippen LogP contribution in [0.2, 0.25) is 0 Å². The molecule has 0 atom stereocenters. The number of fused-ring (bicyclic) bond motifs is 1. The van der Waals surface area contributed by atoms with Crippen LogP contribution >= 0.6 is 0 Å². The van der Waals surface area contributed by atoms with Gasteiger partial charge in [0.1, 0.15) is 11.6 Å². The van der Waals surface area contributed by atoms with Gasteiger partial charge in [0.15, 0.2) is 0 Å². The molecule has 4 nitrogen and oxygen atoms in total. The highest BCUT2D eigenvalue weighted by molar-refractivity contribution is 5.62. The van der Waals surface area contributed by atoms with Gasteiger partial charge in [-0.15, -0.1) is 0 Å². The van der Waals surface area contributed by atoms with E-state index in [9.17, 15) is 0 Å². The number of hydrogen-bond donors (Lipinski definition) is 0. The van der Waals surface area contributed by atoms with Crippen molar-refractivity contribution in [1.29, 1.82) is 0 Å². The first-order valence-electron chi connectivity index (χ1n) is 7.87. The van der Waals surface area contributed by atoms with E-state index in [4.69, 9.17) is 0 Å². The first-order valence-corrected chi connectivity index (χ1v) is 7.87. The maximum absolute atomic E-state index is 4.66. The summed E-state index contributed by atoms with van der Waals surface area (Å²) >= 11 is 0. The van der Waals surface area contributed by atoms with E-state index in [2.05, 4.69) is 50.2 Å². The highest BCUT2D eigenvalue weighted by atomic mass is 15.2. The number of rotatable bonds is 2. The van der Waals surface area contributed by atoms with Crippen molar-refractivity contribution < 1.29 is 0 Å². The Hall–Kier alpha value is -2.75. The summed E-state index contributed by atoms with van der Waals surface area (Å²) in [6, 6.07) is 14.7. The van der Waals surface area contributed by atoms with E-state index in [0.717, 1.165) is 42.4 Å². The zero-order valence-corrected chi connectivity index (χ0v) is 13.1. The van der Waals surface area contributed by atoms with Crippen molar-refractivity contribution in [3.05, 3.63) is 71.8 Å². The number of anilines is 1. The fourth-order valence-electron chi connectivity index (χ4n) is 3.08. The van der Waals surface area contributed by atoms with Gasteiger partial charge < -0.3 is 4.90 Å². The van der Waals surface area contributed by atoms with Crippen LogP contribution in [0.5, 0.6) is 0 Å². The molecule has 1 aliphatic rings. The predicted octanol–water partition coefficient (Wildman–Crippen LogP) is 3.41. The molecule has 1 aliphatic heterocycles. The van der Waals surface area contributed by atoms with Crippen LogP contribution in [-0.4, -0.2) is 21.5 Å². The molecule has 0 bridgehead atoms. The second-order valence-electron chi connectivity index (χ2n) is 5.83. The first-order chi connectivity index (χ1) is 11.3. The number of benzene rings is 1.